The van der Waals surface area contributed by atoms with Crippen molar-refractivity contribution in [3.8, 4) is 17.0 Å². The number of hydrogen-bond donors (Lipinski definition) is 2. The first-order chi connectivity index (χ1) is 14.5. The average molecular weight is 418 g/mol. The zero-order chi connectivity index (χ0) is 21.5. The van der Waals surface area contributed by atoms with Crippen molar-refractivity contribution in [2.75, 3.05) is 34.4 Å². The molecule has 0 spiro atoms. The first-order valence-electron chi connectivity index (χ1n) is 10.2. The molecule has 164 valence electrons. The Morgan fingerprint density at radius 2 is 2.23 bits per heavy atom. The van der Waals surface area contributed by atoms with Gasteiger partial charge >= 0.3 is 0 Å². The Morgan fingerprint density at radius 3 is 2.97 bits per heavy atom. The van der Waals surface area contributed by atoms with Crippen molar-refractivity contribution >= 4 is 5.91 Å². The topological polar surface area (TPSA) is 102 Å². The zero-order valence-corrected chi connectivity index (χ0v) is 17.8. The second-order valence-corrected chi connectivity index (χ2v) is 7.86. The molecular weight excluding hydrogens is 386 g/mol. The molecule has 3 atom stereocenters. The lowest BCUT2D eigenvalue weighted by molar-refractivity contribution is -0.129. The molecule has 2 N–H and O–H groups in total. The quantitative estimate of drug-likeness (QED) is 0.626. The van der Waals surface area contributed by atoms with Crippen molar-refractivity contribution < 1.29 is 19.4 Å². The maximum absolute atomic E-state index is 12.0. The van der Waals surface area contributed by atoms with Crippen LogP contribution in [0, 0.1) is 0 Å². The van der Waals surface area contributed by atoms with Gasteiger partial charge in [-0.1, -0.05) is 17.3 Å². The van der Waals surface area contributed by atoms with Crippen LogP contribution in [0.15, 0.2) is 30.5 Å². The molecule has 0 bridgehead atoms. The normalized spacial score (nSPS) is 21.6. The summed E-state index contributed by atoms with van der Waals surface area (Å²) in [5.41, 5.74) is 1.74. The second kappa shape index (κ2) is 10.5. The van der Waals surface area contributed by atoms with Gasteiger partial charge in [-0.25, -0.2) is 0 Å². The smallest absolute Gasteiger partial charge is 0.234 e. The number of carbonyl (C=O) groups excluding carboxylic acids is 1. The van der Waals surface area contributed by atoms with E-state index in [-0.39, 0.29) is 24.7 Å². The van der Waals surface area contributed by atoms with Crippen LogP contribution in [0.5, 0.6) is 5.75 Å². The minimum Gasteiger partial charge on any atom is -0.497 e. The van der Waals surface area contributed by atoms with Gasteiger partial charge in [0.1, 0.15) is 17.5 Å². The highest BCUT2D eigenvalue weighted by Gasteiger charge is 2.31. The highest BCUT2D eigenvalue weighted by atomic mass is 16.5. The number of aromatic nitrogens is 3. The summed E-state index contributed by atoms with van der Waals surface area (Å²) in [4.78, 5) is 13.8. The third-order valence-electron chi connectivity index (χ3n) is 5.19. The van der Waals surface area contributed by atoms with Gasteiger partial charge in [-0.05, 0) is 45.5 Å². The van der Waals surface area contributed by atoms with Crippen molar-refractivity contribution in [1.29, 1.82) is 0 Å². The Labute approximate surface area is 177 Å². The van der Waals surface area contributed by atoms with E-state index in [2.05, 4.69) is 15.6 Å². The molecule has 2 heterocycles. The molecule has 3 rings (SSSR count). The number of benzene rings is 1. The number of nitrogens with one attached hydrogen (secondary N) is 1. The summed E-state index contributed by atoms with van der Waals surface area (Å²) in [6.45, 7) is 0.865. The molecule has 1 amide bonds. The van der Waals surface area contributed by atoms with Crippen LogP contribution in [-0.4, -0.2) is 83.5 Å². The van der Waals surface area contributed by atoms with Crippen LogP contribution in [-0.2, 0) is 16.1 Å². The fraction of sp³-hybridized carbons (Fsp3) is 0.571. The molecule has 1 aromatic heterocycles. The number of rotatable bonds is 9. The molecule has 0 aliphatic carbocycles. The lowest BCUT2D eigenvalue weighted by Crippen LogP contribution is -2.52. The van der Waals surface area contributed by atoms with E-state index in [0.717, 1.165) is 36.3 Å². The first-order valence-corrected chi connectivity index (χ1v) is 10.2. The third-order valence-corrected chi connectivity index (χ3v) is 5.19. The van der Waals surface area contributed by atoms with Crippen molar-refractivity contribution in [2.24, 2.45) is 0 Å². The number of nitrogens with zero attached hydrogens (tertiary/aromatic N) is 4. The summed E-state index contributed by atoms with van der Waals surface area (Å²) < 4.78 is 13.1. The van der Waals surface area contributed by atoms with Crippen LogP contribution in [0.2, 0.25) is 0 Å². The van der Waals surface area contributed by atoms with Gasteiger partial charge in [0.25, 0.3) is 0 Å². The molecule has 2 aromatic rings. The average Bonchev–Trinajstić information content (AvgIpc) is 3.21. The number of likely N-dealkylation sites (N-methyl/N-ethyl adjacent to an activating group) is 1. The van der Waals surface area contributed by atoms with Crippen LogP contribution in [0.1, 0.15) is 19.3 Å². The first kappa shape index (κ1) is 22.2. The molecule has 1 aromatic carbocycles. The van der Waals surface area contributed by atoms with Gasteiger partial charge in [0.2, 0.25) is 5.91 Å². The Hall–Kier alpha value is -2.49. The molecule has 0 saturated carbocycles. The molecule has 1 aliphatic heterocycles. The molecule has 9 nitrogen and oxygen atoms in total. The SMILES string of the molecule is COc1cccc(-c2cn(CC[C@H]3CC[C@H](NC(=O)CN(C)C)[C@@H](CO)O3)nn2)c1. The predicted molar refractivity (Wildman–Crippen MR) is 112 cm³/mol. The summed E-state index contributed by atoms with van der Waals surface area (Å²) >= 11 is 0. The van der Waals surface area contributed by atoms with Crippen LogP contribution in [0.3, 0.4) is 0 Å². The summed E-state index contributed by atoms with van der Waals surface area (Å²) in [7, 11) is 5.33. The Morgan fingerprint density at radius 1 is 1.40 bits per heavy atom. The summed E-state index contributed by atoms with van der Waals surface area (Å²) in [5, 5.41) is 21.1. The summed E-state index contributed by atoms with van der Waals surface area (Å²) in [6.07, 6.45) is 3.88. The fourth-order valence-electron chi connectivity index (χ4n) is 3.65. The Balaban J connectivity index is 1.51. The maximum atomic E-state index is 12.0. The molecule has 30 heavy (non-hydrogen) atoms. The monoisotopic (exact) mass is 417 g/mol. The molecule has 0 radical (unpaired) electrons. The van der Waals surface area contributed by atoms with Crippen molar-refractivity contribution in [1.82, 2.24) is 25.2 Å². The number of ether oxygens (including phenoxy) is 2. The number of hydrogen-bond acceptors (Lipinski definition) is 7. The second-order valence-electron chi connectivity index (χ2n) is 7.86. The van der Waals surface area contributed by atoms with Gasteiger partial charge < -0.3 is 24.8 Å². The van der Waals surface area contributed by atoms with Crippen LogP contribution >= 0.6 is 0 Å². The van der Waals surface area contributed by atoms with E-state index >= 15 is 0 Å². The van der Waals surface area contributed by atoms with Crippen molar-refractivity contribution in [2.45, 2.75) is 44.1 Å². The van der Waals surface area contributed by atoms with E-state index in [1.54, 1.807) is 11.8 Å². The minimum absolute atomic E-state index is 0.00798. The summed E-state index contributed by atoms with van der Waals surface area (Å²) in [5.74, 6) is 0.720. The lowest BCUT2D eigenvalue weighted by atomic mass is 9.97. The molecule has 1 aliphatic rings. The van der Waals surface area contributed by atoms with Gasteiger partial charge in [-0.15, -0.1) is 5.10 Å². The number of amides is 1. The van der Waals surface area contributed by atoms with Gasteiger partial charge in [-0.3, -0.25) is 9.48 Å². The van der Waals surface area contributed by atoms with E-state index in [4.69, 9.17) is 9.47 Å². The number of aliphatic hydroxyl groups is 1. The molecule has 9 heteroatoms. The molecule has 1 fully saturated rings. The van der Waals surface area contributed by atoms with Gasteiger partial charge in [0.05, 0.1) is 38.6 Å². The van der Waals surface area contributed by atoms with Crippen LogP contribution < -0.4 is 10.1 Å². The molecule has 1 saturated heterocycles. The predicted octanol–water partition coefficient (Wildman–Crippen LogP) is 0.930. The maximum Gasteiger partial charge on any atom is 0.234 e. The van der Waals surface area contributed by atoms with E-state index in [1.165, 1.54) is 0 Å². The standard InChI is InChI=1S/C21H31N5O4/c1-25(2)13-21(28)22-18-8-7-16(30-20(18)14-27)9-10-26-12-19(23-24-26)15-5-4-6-17(11-15)29-3/h4-6,11-12,16,18,20,27H,7-10,13-14H2,1-3H3,(H,22,28)/t16-,18+,20-/m1/s1. The number of aliphatic hydroxyl groups excluding tert-OH is 1. The van der Waals surface area contributed by atoms with E-state index in [1.807, 2.05) is 49.5 Å². The van der Waals surface area contributed by atoms with Crippen LogP contribution in [0.4, 0.5) is 0 Å². The Bertz CT molecular complexity index is 825. The van der Waals surface area contributed by atoms with Crippen molar-refractivity contribution in [3.63, 3.8) is 0 Å². The Kier molecular flexibility index (Phi) is 7.78. The van der Waals surface area contributed by atoms with E-state index in [9.17, 15) is 9.90 Å². The summed E-state index contributed by atoms with van der Waals surface area (Å²) in [6, 6.07) is 7.55. The molecular formula is C21H31N5O4. The van der Waals surface area contributed by atoms with Gasteiger partial charge in [-0.2, -0.15) is 0 Å². The third kappa shape index (κ3) is 6.01. The zero-order valence-electron chi connectivity index (χ0n) is 17.8. The van der Waals surface area contributed by atoms with Crippen molar-refractivity contribution in [3.05, 3.63) is 30.5 Å². The van der Waals surface area contributed by atoms with Crippen LogP contribution in [0.25, 0.3) is 11.3 Å². The van der Waals surface area contributed by atoms with E-state index in [0.29, 0.717) is 13.1 Å². The number of aryl methyl sites for hydroxylation is 1. The highest BCUT2D eigenvalue weighted by Crippen LogP contribution is 2.24. The molecule has 0 unspecified atom stereocenters. The minimum atomic E-state index is -0.391. The number of methoxy groups -OCH3 is 1. The van der Waals surface area contributed by atoms with Gasteiger partial charge in [0, 0.05) is 12.1 Å². The van der Waals surface area contributed by atoms with E-state index < -0.39 is 6.10 Å². The van der Waals surface area contributed by atoms with Gasteiger partial charge in [0.15, 0.2) is 0 Å². The highest BCUT2D eigenvalue weighted by molar-refractivity contribution is 5.78. The lowest BCUT2D eigenvalue weighted by Gasteiger charge is -2.36. The fourth-order valence-corrected chi connectivity index (χ4v) is 3.65. The number of carbonyl (C=O) groups is 1. The largest absolute Gasteiger partial charge is 0.497 e.